The molecule has 0 aromatic heterocycles. The number of ether oxygens (including phenoxy) is 3. The first-order valence-corrected chi connectivity index (χ1v) is 8.31. The lowest BCUT2D eigenvalue weighted by atomic mass is 10.3. The summed E-state index contributed by atoms with van der Waals surface area (Å²) in [6, 6.07) is 4.54. The fourth-order valence-electron chi connectivity index (χ4n) is 1.96. The molecule has 1 aromatic carbocycles. The Kier molecular flexibility index (Phi) is 5.26. The van der Waals surface area contributed by atoms with Gasteiger partial charge < -0.3 is 14.2 Å². The second-order valence-electron chi connectivity index (χ2n) is 4.47. The van der Waals surface area contributed by atoms with E-state index in [1.165, 1.54) is 19.2 Å². The van der Waals surface area contributed by atoms with E-state index in [2.05, 4.69) is 0 Å². The van der Waals surface area contributed by atoms with Crippen LogP contribution in [-0.2, 0) is 19.3 Å². The maximum atomic E-state index is 12.3. The molecule has 0 amide bonds. The Morgan fingerprint density at radius 2 is 2.20 bits per heavy atom. The van der Waals surface area contributed by atoms with Crippen molar-refractivity contribution in [1.82, 2.24) is 0 Å². The van der Waals surface area contributed by atoms with Gasteiger partial charge in [0.05, 0.1) is 48.7 Å². The Balaban J connectivity index is 2.05. The average Bonchev–Trinajstić information content (AvgIpc) is 2.46. The van der Waals surface area contributed by atoms with E-state index in [-0.39, 0.29) is 21.8 Å². The third-order valence-corrected chi connectivity index (χ3v) is 5.29. The van der Waals surface area contributed by atoms with Crippen LogP contribution in [0.2, 0.25) is 5.02 Å². The highest BCUT2D eigenvalue weighted by Gasteiger charge is 2.22. The smallest absolute Gasteiger partial charge is 0.179 e. The van der Waals surface area contributed by atoms with Crippen LogP contribution < -0.4 is 4.74 Å². The Bertz CT molecular complexity index is 552. The van der Waals surface area contributed by atoms with Crippen LogP contribution >= 0.6 is 11.6 Å². The highest BCUT2D eigenvalue weighted by molar-refractivity contribution is 7.91. The summed E-state index contributed by atoms with van der Waals surface area (Å²) in [6.07, 6.45) is 0.223. The minimum atomic E-state index is -3.44. The molecule has 0 radical (unpaired) electrons. The maximum absolute atomic E-state index is 12.3. The minimum absolute atomic E-state index is 0.0208. The largest absolute Gasteiger partial charge is 0.497 e. The van der Waals surface area contributed by atoms with Gasteiger partial charge in [-0.1, -0.05) is 11.6 Å². The van der Waals surface area contributed by atoms with Crippen molar-refractivity contribution in [3.05, 3.63) is 23.2 Å². The maximum Gasteiger partial charge on any atom is 0.179 e. The summed E-state index contributed by atoms with van der Waals surface area (Å²) in [6.45, 7) is 1.51. The fraction of sp³-hybridized carbons (Fsp3) is 0.538. The molecule has 112 valence electrons. The van der Waals surface area contributed by atoms with Crippen LogP contribution in [0, 0.1) is 0 Å². The zero-order valence-corrected chi connectivity index (χ0v) is 12.7. The van der Waals surface area contributed by atoms with Crippen molar-refractivity contribution in [2.75, 3.05) is 32.7 Å². The molecule has 1 saturated heterocycles. The zero-order valence-electron chi connectivity index (χ0n) is 11.2. The third kappa shape index (κ3) is 3.85. The number of rotatable bonds is 5. The van der Waals surface area contributed by atoms with E-state index in [0.717, 1.165) is 0 Å². The van der Waals surface area contributed by atoms with Gasteiger partial charge in [-0.25, -0.2) is 8.42 Å². The van der Waals surface area contributed by atoms with Crippen molar-refractivity contribution in [1.29, 1.82) is 0 Å². The standard InChI is InChI=1S/C13H17ClO5S/c1-17-10-2-3-13(12(14)8-10)20(15,16)7-4-11-9-18-5-6-19-11/h2-3,8,11H,4-7,9H2,1H3. The van der Waals surface area contributed by atoms with E-state index in [1.807, 2.05) is 0 Å². The van der Waals surface area contributed by atoms with Gasteiger partial charge in [0.2, 0.25) is 0 Å². The molecule has 0 saturated carbocycles. The monoisotopic (exact) mass is 320 g/mol. The van der Waals surface area contributed by atoms with Gasteiger partial charge in [0.1, 0.15) is 5.75 Å². The molecule has 0 N–H and O–H groups in total. The number of hydrogen-bond acceptors (Lipinski definition) is 5. The lowest BCUT2D eigenvalue weighted by molar-refractivity contribution is -0.0884. The molecule has 1 aliphatic heterocycles. The number of benzene rings is 1. The van der Waals surface area contributed by atoms with Gasteiger partial charge in [-0.2, -0.15) is 0 Å². The highest BCUT2D eigenvalue weighted by Crippen LogP contribution is 2.27. The predicted octanol–water partition coefficient (Wildman–Crippen LogP) is 1.93. The molecule has 1 unspecified atom stereocenters. The number of halogens is 1. The summed E-state index contributed by atoms with van der Waals surface area (Å²) in [5.74, 6) is 0.505. The summed E-state index contributed by atoms with van der Waals surface area (Å²) < 4.78 is 40.2. The van der Waals surface area contributed by atoms with Crippen molar-refractivity contribution < 1.29 is 22.6 Å². The molecular weight excluding hydrogens is 304 g/mol. The SMILES string of the molecule is COc1ccc(S(=O)(=O)CCC2COCCO2)c(Cl)c1. The Labute approximate surface area is 123 Å². The molecule has 20 heavy (non-hydrogen) atoms. The van der Waals surface area contributed by atoms with Crippen molar-refractivity contribution in [2.45, 2.75) is 17.4 Å². The first kappa shape index (κ1) is 15.6. The van der Waals surface area contributed by atoms with E-state index < -0.39 is 9.84 Å². The number of methoxy groups -OCH3 is 1. The van der Waals surface area contributed by atoms with Gasteiger partial charge in [-0.3, -0.25) is 0 Å². The molecule has 1 aliphatic rings. The van der Waals surface area contributed by atoms with Gasteiger partial charge in [0, 0.05) is 6.07 Å². The van der Waals surface area contributed by atoms with Crippen LogP contribution in [0.25, 0.3) is 0 Å². The van der Waals surface area contributed by atoms with Crippen molar-refractivity contribution in [2.24, 2.45) is 0 Å². The van der Waals surface area contributed by atoms with E-state index in [4.69, 9.17) is 25.8 Å². The number of sulfone groups is 1. The number of hydrogen-bond donors (Lipinski definition) is 0. The predicted molar refractivity (Wildman–Crippen MR) is 75.2 cm³/mol. The van der Waals surface area contributed by atoms with Gasteiger partial charge in [-0.15, -0.1) is 0 Å². The van der Waals surface area contributed by atoms with Gasteiger partial charge in [0.25, 0.3) is 0 Å². The lowest BCUT2D eigenvalue weighted by Crippen LogP contribution is -2.30. The van der Waals surface area contributed by atoms with E-state index in [1.54, 1.807) is 6.07 Å². The topological polar surface area (TPSA) is 61.8 Å². The van der Waals surface area contributed by atoms with Crippen molar-refractivity contribution >= 4 is 21.4 Å². The van der Waals surface area contributed by atoms with E-state index >= 15 is 0 Å². The third-order valence-electron chi connectivity index (χ3n) is 3.07. The lowest BCUT2D eigenvalue weighted by Gasteiger charge is -2.22. The molecule has 0 bridgehead atoms. The van der Waals surface area contributed by atoms with Crippen molar-refractivity contribution in [3.8, 4) is 5.75 Å². The van der Waals surface area contributed by atoms with Crippen LogP contribution in [0.1, 0.15) is 6.42 Å². The molecule has 5 nitrogen and oxygen atoms in total. The summed E-state index contributed by atoms with van der Waals surface area (Å²) >= 11 is 6.00. The van der Waals surface area contributed by atoms with Crippen LogP contribution in [-0.4, -0.2) is 47.2 Å². The molecule has 1 atom stereocenters. The van der Waals surface area contributed by atoms with Crippen LogP contribution in [0.15, 0.2) is 23.1 Å². The Morgan fingerprint density at radius 3 is 2.80 bits per heavy atom. The first-order valence-electron chi connectivity index (χ1n) is 6.28. The van der Waals surface area contributed by atoms with Crippen molar-refractivity contribution in [3.63, 3.8) is 0 Å². The Morgan fingerprint density at radius 1 is 1.40 bits per heavy atom. The second kappa shape index (κ2) is 6.76. The fourth-order valence-corrected chi connectivity index (χ4v) is 3.91. The highest BCUT2D eigenvalue weighted by atomic mass is 35.5. The molecule has 1 aromatic rings. The molecule has 1 heterocycles. The Hall–Kier alpha value is -0.820. The van der Waals surface area contributed by atoms with E-state index in [9.17, 15) is 8.42 Å². The molecule has 0 spiro atoms. The molecular formula is C13H17ClO5S. The van der Waals surface area contributed by atoms with Crippen LogP contribution in [0.3, 0.4) is 0 Å². The van der Waals surface area contributed by atoms with Gasteiger partial charge >= 0.3 is 0 Å². The molecule has 0 aliphatic carbocycles. The normalized spacial score (nSPS) is 19.8. The average molecular weight is 321 g/mol. The van der Waals surface area contributed by atoms with E-state index in [0.29, 0.717) is 32.0 Å². The van der Waals surface area contributed by atoms with Crippen LogP contribution in [0.4, 0.5) is 0 Å². The summed E-state index contributed by atoms with van der Waals surface area (Å²) in [7, 11) is -1.94. The molecule has 2 rings (SSSR count). The summed E-state index contributed by atoms with van der Waals surface area (Å²) in [5, 5.41) is 0.171. The van der Waals surface area contributed by atoms with Gasteiger partial charge in [0.15, 0.2) is 9.84 Å². The first-order chi connectivity index (χ1) is 9.53. The zero-order chi connectivity index (χ0) is 14.6. The quantitative estimate of drug-likeness (QED) is 0.829. The summed E-state index contributed by atoms with van der Waals surface area (Å²) in [4.78, 5) is 0.122. The van der Waals surface area contributed by atoms with Gasteiger partial charge in [-0.05, 0) is 18.6 Å². The summed E-state index contributed by atoms with van der Waals surface area (Å²) in [5.41, 5.74) is 0. The second-order valence-corrected chi connectivity index (χ2v) is 6.96. The molecule has 1 fully saturated rings. The molecule has 7 heteroatoms. The van der Waals surface area contributed by atoms with Crippen LogP contribution in [0.5, 0.6) is 5.75 Å². The minimum Gasteiger partial charge on any atom is -0.497 e.